The molecule has 1 aromatic rings. The zero-order valence-electron chi connectivity index (χ0n) is 22.2. The standard InChI is InChI=1S/C26H36F3N5O4/c1-24(2,3)38-23(36)31-8-4-16(5-9-31)6-10-32-18(26(27,28)29)7-11-33-21(35)12-20(30-22(32)33)34-14-19-25(34)13-17(25)15-37-19/h12,16-19H,4-11,13-15H2,1-3H3/t17?,18-,19+,25?/m0/s1. The van der Waals surface area contributed by atoms with Gasteiger partial charge in [0, 0.05) is 44.7 Å². The van der Waals surface area contributed by atoms with Crippen LogP contribution in [0.15, 0.2) is 10.9 Å². The topological polar surface area (TPSA) is 80.1 Å². The van der Waals surface area contributed by atoms with Gasteiger partial charge in [-0.2, -0.15) is 18.2 Å². The molecular weight excluding hydrogens is 503 g/mol. The van der Waals surface area contributed by atoms with E-state index in [0.717, 1.165) is 6.42 Å². The monoisotopic (exact) mass is 539 g/mol. The quantitative estimate of drug-likeness (QED) is 0.580. The number of piperidine rings is 1. The molecule has 1 aliphatic carbocycles. The fraction of sp³-hybridized carbons (Fsp3) is 0.808. The maximum Gasteiger partial charge on any atom is 0.410 e. The van der Waals surface area contributed by atoms with Crippen LogP contribution in [0.3, 0.4) is 0 Å². The number of halogens is 3. The van der Waals surface area contributed by atoms with Gasteiger partial charge in [0.15, 0.2) is 0 Å². The van der Waals surface area contributed by atoms with Crippen molar-refractivity contribution in [3.8, 4) is 0 Å². The molecular formula is C26H36F3N5O4. The molecule has 0 aromatic carbocycles. The number of hydrogen-bond donors (Lipinski definition) is 0. The number of aromatic nitrogens is 2. The van der Waals surface area contributed by atoms with Gasteiger partial charge in [-0.25, -0.2) is 4.79 Å². The summed E-state index contributed by atoms with van der Waals surface area (Å²) in [5.74, 6) is 1.16. The minimum absolute atomic E-state index is 0.00406. The van der Waals surface area contributed by atoms with Crippen LogP contribution in [0.2, 0.25) is 0 Å². The Morgan fingerprint density at radius 2 is 1.92 bits per heavy atom. The Hall–Kier alpha value is -2.50. The van der Waals surface area contributed by atoms with Gasteiger partial charge in [0.25, 0.3) is 5.56 Å². The average Bonchev–Trinajstić information content (AvgIpc) is 3.52. The lowest BCUT2D eigenvalue weighted by atomic mass is 9.93. The van der Waals surface area contributed by atoms with Gasteiger partial charge < -0.3 is 24.2 Å². The lowest BCUT2D eigenvalue weighted by Crippen LogP contribution is -2.63. The lowest BCUT2D eigenvalue weighted by molar-refractivity contribution is -0.152. The summed E-state index contributed by atoms with van der Waals surface area (Å²) >= 11 is 0. The van der Waals surface area contributed by atoms with E-state index in [1.807, 2.05) is 20.8 Å². The molecule has 0 bridgehead atoms. The number of rotatable bonds is 4. The number of ether oxygens (including phenoxy) is 2. The van der Waals surface area contributed by atoms with E-state index in [0.29, 0.717) is 57.2 Å². The number of hydrogen-bond acceptors (Lipinski definition) is 7. The number of anilines is 2. The Labute approximate surface area is 219 Å². The van der Waals surface area contributed by atoms with Crippen molar-refractivity contribution < 1.29 is 27.4 Å². The van der Waals surface area contributed by atoms with Gasteiger partial charge in [-0.05, 0) is 58.8 Å². The molecule has 4 atom stereocenters. The molecule has 12 heteroatoms. The van der Waals surface area contributed by atoms with Crippen molar-refractivity contribution in [1.29, 1.82) is 0 Å². The molecule has 1 amide bonds. The third-order valence-electron chi connectivity index (χ3n) is 8.96. The summed E-state index contributed by atoms with van der Waals surface area (Å²) in [5, 5.41) is 0. The minimum atomic E-state index is -4.43. The molecule has 1 aromatic heterocycles. The highest BCUT2D eigenvalue weighted by atomic mass is 19.4. The van der Waals surface area contributed by atoms with Crippen molar-refractivity contribution in [2.24, 2.45) is 11.8 Å². The lowest BCUT2D eigenvalue weighted by Gasteiger charge is -2.48. The zero-order chi connectivity index (χ0) is 27.0. The van der Waals surface area contributed by atoms with Crippen LogP contribution in [-0.2, 0) is 16.0 Å². The molecule has 3 saturated heterocycles. The minimum Gasteiger partial charge on any atom is -0.444 e. The highest BCUT2D eigenvalue weighted by Crippen LogP contribution is 2.63. The molecule has 0 radical (unpaired) electrons. The van der Waals surface area contributed by atoms with Crippen LogP contribution in [0.25, 0.3) is 0 Å². The molecule has 0 N–H and O–H groups in total. The molecule has 6 rings (SSSR count). The molecule has 9 nitrogen and oxygen atoms in total. The molecule has 2 unspecified atom stereocenters. The number of nitrogens with zero attached hydrogens (tertiary/aromatic N) is 5. The van der Waals surface area contributed by atoms with Gasteiger partial charge in [0.05, 0.1) is 18.2 Å². The second-order valence-electron chi connectivity index (χ2n) is 12.5. The van der Waals surface area contributed by atoms with E-state index in [4.69, 9.17) is 14.5 Å². The van der Waals surface area contributed by atoms with Crippen molar-refractivity contribution in [3.63, 3.8) is 0 Å². The Bertz CT molecular complexity index is 1160. The Morgan fingerprint density at radius 1 is 1.18 bits per heavy atom. The van der Waals surface area contributed by atoms with Gasteiger partial charge >= 0.3 is 12.3 Å². The van der Waals surface area contributed by atoms with E-state index in [1.165, 1.54) is 15.5 Å². The van der Waals surface area contributed by atoms with E-state index >= 15 is 0 Å². The molecule has 38 heavy (non-hydrogen) atoms. The van der Waals surface area contributed by atoms with Crippen molar-refractivity contribution >= 4 is 17.9 Å². The van der Waals surface area contributed by atoms with Gasteiger partial charge in [0.1, 0.15) is 17.5 Å². The van der Waals surface area contributed by atoms with E-state index in [9.17, 15) is 22.8 Å². The number of carbonyl (C=O) groups excluding carboxylic acids is 1. The van der Waals surface area contributed by atoms with E-state index in [1.54, 1.807) is 4.90 Å². The van der Waals surface area contributed by atoms with Crippen LogP contribution in [0.1, 0.15) is 52.9 Å². The first-order valence-corrected chi connectivity index (χ1v) is 13.7. The Balaban J connectivity index is 1.18. The molecule has 5 heterocycles. The van der Waals surface area contributed by atoms with Crippen molar-refractivity contribution in [1.82, 2.24) is 14.5 Å². The molecule has 1 spiro atoms. The van der Waals surface area contributed by atoms with E-state index in [-0.39, 0.29) is 54.7 Å². The molecule has 5 aliphatic rings. The highest BCUT2D eigenvalue weighted by molar-refractivity contribution is 5.68. The molecule has 1 saturated carbocycles. The van der Waals surface area contributed by atoms with E-state index in [2.05, 4.69) is 4.90 Å². The van der Waals surface area contributed by atoms with Crippen LogP contribution >= 0.6 is 0 Å². The average molecular weight is 540 g/mol. The number of likely N-dealkylation sites (tertiary alicyclic amines) is 1. The predicted molar refractivity (Wildman–Crippen MR) is 133 cm³/mol. The second-order valence-corrected chi connectivity index (χ2v) is 12.5. The summed E-state index contributed by atoms with van der Waals surface area (Å²) in [5.41, 5.74) is -1.01. The second kappa shape index (κ2) is 8.76. The van der Waals surface area contributed by atoms with Crippen molar-refractivity contribution in [2.75, 3.05) is 42.6 Å². The first-order chi connectivity index (χ1) is 17.9. The smallest absolute Gasteiger partial charge is 0.410 e. The van der Waals surface area contributed by atoms with Crippen LogP contribution in [-0.4, -0.2) is 82.8 Å². The van der Waals surface area contributed by atoms with Crippen LogP contribution in [0, 0.1) is 11.8 Å². The Kier molecular flexibility index (Phi) is 5.94. The summed E-state index contributed by atoms with van der Waals surface area (Å²) in [4.78, 5) is 35.2. The summed E-state index contributed by atoms with van der Waals surface area (Å²) in [6.45, 7) is 7.95. The summed E-state index contributed by atoms with van der Waals surface area (Å²) in [6.07, 6.45) is -1.94. The first kappa shape index (κ1) is 25.8. The largest absolute Gasteiger partial charge is 0.444 e. The molecule has 4 fully saturated rings. The van der Waals surface area contributed by atoms with Crippen LogP contribution in [0.4, 0.5) is 29.7 Å². The van der Waals surface area contributed by atoms with Gasteiger partial charge in [-0.3, -0.25) is 9.36 Å². The van der Waals surface area contributed by atoms with Gasteiger partial charge in [-0.1, -0.05) is 0 Å². The Morgan fingerprint density at radius 3 is 2.55 bits per heavy atom. The third-order valence-corrected chi connectivity index (χ3v) is 8.96. The summed E-state index contributed by atoms with van der Waals surface area (Å²) < 4.78 is 55.1. The normalized spacial score (nSPS) is 30.9. The molecule has 210 valence electrons. The fourth-order valence-electron chi connectivity index (χ4n) is 6.80. The summed E-state index contributed by atoms with van der Waals surface area (Å²) in [6, 6.07) is -0.210. The van der Waals surface area contributed by atoms with Crippen molar-refractivity contribution in [2.45, 2.75) is 88.9 Å². The number of alkyl halides is 3. The number of carbonyl (C=O) groups is 1. The predicted octanol–water partition coefficient (Wildman–Crippen LogP) is 3.40. The maximum atomic E-state index is 14.2. The molecule has 4 aliphatic heterocycles. The fourth-order valence-corrected chi connectivity index (χ4v) is 6.80. The van der Waals surface area contributed by atoms with Gasteiger partial charge in [-0.15, -0.1) is 0 Å². The van der Waals surface area contributed by atoms with Crippen LogP contribution in [0.5, 0.6) is 0 Å². The van der Waals surface area contributed by atoms with Gasteiger partial charge in [0.2, 0.25) is 5.95 Å². The van der Waals surface area contributed by atoms with Crippen LogP contribution < -0.4 is 15.4 Å². The van der Waals surface area contributed by atoms with E-state index < -0.39 is 17.8 Å². The SMILES string of the molecule is CC(C)(C)OC(=O)N1CCC(CCN2c3nc(N4C[C@H]5OCC6CC654)cc(=O)n3CC[C@H]2C(F)(F)F)CC1. The zero-order valence-corrected chi connectivity index (χ0v) is 22.2. The van der Waals surface area contributed by atoms with Crippen molar-refractivity contribution in [3.05, 3.63) is 16.4 Å². The summed E-state index contributed by atoms with van der Waals surface area (Å²) in [7, 11) is 0. The highest BCUT2D eigenvalue weighted by Gasteiger charge is 2.74. The first-order valence-electron chi connectivity index (χ1n) is 13.7. The number of fused-ring (bicyclic) bond motifs is 1. The number of amides is 1. The third kappa shape index (κ3) is 4.32. The maximum absolute atomic E-state index is 14.2.